The van der Waals surface area contributed by atoms with Crippen molar-refractivity contribution >= 4 is 34.0 Å². The van der Waals surface area contributed by atoms with Gasteiger partial charge in [-0.2, -0.15) is 0 Å². The quantitative estimate of drug-likeness (QED) is 0.155. The van der Waals surface area contributed by atoms with Crippen molar-refractivity contribution in [3.8, 4) is 11.4 Å². The predicted molar refractivity (Wildman–Crippen MR) is 196 cm³/mol. The van der Waals surface area contributed by atoms with Crippen LogP contribution in [0.3, 0.4) is 0 Å². The van der Waals surface area contributed by atoms with Crippen LogP contribution in [0.4, 0.5) is 5.95 Å². The van der Waals surface area contributed by atoms with Gasteiger partial charge < -0.3 is 24.1 Å². The van der Waals surface area contributed by atoms with Gasteiger partial charge in [0.15, 0.2) is 0 Å². The van der Waals surface area contributed by atoms with Crippen LogP contribution >= 0.6 is 0 Å². The maximum Gasteiger partial charge on any atom is 0.309 e. The maximum absolute atomic E-state index is 13.8. The zero-order valence-corrected chi connectivity index (χ0v) is 28.0. The number of esters is 1. The number of ether oxygens (including phenoxy) is 1. The summed E-state index contributed by atoms with van der Waals surface area (Å²) in [6.07, 6.45) is 4.70. The molecule has 1 atom stereocenters. The van der Waals surface area contributed by atoms with E-state index < -0.39 is 0 Å². The van der Waals surface area contributed by atoms with E-state index in [4.69, 9.17) is 14.7 Å². The van der Waals surface area contributed by atoms with Crippen LogP contribution in [0, 0.1) is 11.8 Å². The fourth-order valence-corrected chi connectivity index (χ4v) is 7.79. The number of rotatable bonds is 10. The van der Waals surface area contributed by atoms with Crippen LogP contribution in [0.1, 0.15) is 43.7 Å². The van der Waals surface area contributed by atoms with Gasteiger partial charge in [0.05, 0.1) is 40.6 Å². The summed E-state index contributed by atoms with van der Waals surface area (Å²) in [4.78, 5) is 26.3. The van der Waals surface area contributed by atoms with E-state index in [1.165, 1.54) is 5.56 Å². The molecule has 8 heteroatoms. The summed E-state index contributed by atoms with van der Waals surface area (Å²) in [7, 11) is 0. The Labute approximate surface area is 287 Å². The molecule has 0 aliphatic carbocycles. The lowest BCUT2D eigenvalue weighted by Crippen LogP contribution is -2.39. The van der Waals surface area contributed by atoms with Crippen molar-refractivity contribution in [3.05, 3.63) is 115 Å². The van der Waals surface area contributed by atoms with Gasteiger partial charge in [-0.1, -0.05) is 84.9 Å². The molecule has 250 valence electrons. The molecule has 2 aliphatic rings. The lowest BCUT2D eigenvalue weighted by molar-refractivity contribution is -0.150. The lowest BCUT2D eigenvalue weighted by atomic mass is 9.91. The summed E-state index contributed by atoms with van der Waals surface area (Å²) in [5.41, 5.74) is 6.49. The second-order valence-corrected chi connectivity index (χ2v) is 13.6. The zero-order valence-electron chi connectivity index (χ0n) is 28.0. The van der Waals surface area contributed by atoms with Crippen molar-refractivity contribution in [1.29, 1.82) is 0 Å². The number of hydrogen-bond acceptors (Lipinski definition) is 6. The molecule has 4 aromatic carbocycles. The second-order valence-electron chi connectivity index (χ2n) is 13.6. The van der Waals surface area contributed by atoms with E-state index in [2.05, 4.69) is 110 Å². The van der Waals surface area contributed by atoms with Crippen molar-refractivity contribution in [2.45, 2.75) is 44.7 Å². The molecule has 2 fully saturated rings. The van der Waals surface area contributed by atoms with Gasteiger partial charge in [0.25, 0.3) is 0 Å². The van der Waals surface area contributed by atoms with Crippen molar-refractivity contribution in [2.24, 2.45) is 11.8 Å². The molecule has 0 amide bonds. The Morgan fingerprint density at radius 1 is 0.755 bits per heavy atom. The SMILES string of the molecule is O=C(OCC(CC1CCNCC1)n1c(-c2ccccc2)nc2ccccc21)C1CCN(c2nc3ccccc3n2Cc2ccccc2)CC1. The fourth-order valence-electron chi connectivity index (χ4n) is 7.79. The minimum absolute atomic E-state index is 0.00682. The number of benzene rings is 4. The van der Waals surface area contributed by atoms with E-state index in [1.54, 1.807) is 0 Å². The molecule has 0 bridgehead atoms. The molecule has 8 rings (SSSR count). The molecule has 2 saturated heterocycles. The number of fused-ring (bicyclic) bond motifs is 2. The van der Waals surface area contributed by atoms with Crippen molar-refractivity contribution in [3.63, 3.8) is 0 Å². The normalized spacial score (nSPS) is 16.7. The van der Waals surface area contributed by atoms with E-state index in [9.17, 15) is 4.79 Å². The smallest absolute Gasteiger partial charge is 0.309 e. The molecule has 1 N–H and O–H groups in total. The average Bonchev–Trinajstić information content (AvgIpc) is 3.73. The lowest BCUT2D eigenvalue weighted by Gasteiger charge is -2.33. The molecule has 49 heavy (non-hydrogen) atoms. The monoisotopic (exact) mass is 652 g/mol. The van der Waals surface area contributed by atoms with E-state index >= 15 is 0 Å². The molecule has 2 aliphatic heterocycles. The van der Waals surface area contributed by atoms with Crippen molar-refractivity contribution in [1.82, 2.24) is 24.4 Å². The number of para-hydroxylation sites is 4. The third-order valence-corrected chi connectivity index (χ3v) is 10.4. The summed E-state index contributed by atoms with van der Waals surface area (Å²) in [5.74, 6) is 2.25. The van der Waals surface area contributed by atoms with Gasteiger partial charge in [0.1, 0.15) is 12.4 Å². The Morgan fingerprint density at radius 3 is 2.12 bits per heavy atom. The summed E-state index contributed by atoms with van der Waals surface area (Å²) >= 11 is 0. The first-order valence-corrected chi connectivity index (χ1v) is 17.8. The highest BCUT2D eigenvalue weighted by Gasteiger charge is 2.31. The molecular weight excluding hydrogens is 608 g/mol. The summed E-state index contributed by atoms with van der Waals surface area (Å²) in [5, 5.41) is 3.51. The van der Waals surface area contributed by atoms with E-state index in [1.807, 2.05) is 18.2 Å². The Bertz CT molecular complexity index is 2010. The highest BCUT2D eigenvalue weighted by molar-refractivity contribution is 5.81. The zero-order chi connectivity index (χ0) is 33.0. The summed E-state index contributed by atoms with van der Waals surface area (Å²) in [6, 6.07) is 37.6. The van der Waals surface area contributed by atoms with Gasteiger partial charge in [-0.05, 0) is 80.9 Å². The van der Waals surface area contributed by atoms with Gasteiger partial charge in [-0.15, -0.1) is 0 Å². The number of carbonyl (C=O) groups excluding carboxylic acids is 1. The van der Waals surface area contributed by atoms with Crippen LogP contribution < -0.4 is 10.2 Å². The first kappa shape index (κ1) is 31.3. The summed E-state index contributed by atoms with van der Waals surface area (Å²) in [6.45, 7) is 4.69. The highest BCUT2D eigenvalue weighted by atomic mass is 16.5. The van der Waals surface area contributed by atoms with Crippen molar-refractivity contribution in [2.75, 3.05) is 37.7 Å². The number of carbonyl (C=O) groups is 1. The van der Waals surface area contributed by atoms with Gasteiger partial charge in [-0.3, -0.25) is 4.79 Å². The molecule has 0 spiro atoms. The van der Waals surface area contributed by atoms with Crippen LogP contribution in [0.2, 0.25) is 0 Å². The van der Waals surface area contributed by atoms with Crippen LogP contribution in [-0.2, 0) is 16.1 Å². The third kappa shape index (κ3) is 6.70. The third-order valence-electron chi connectivity index (χ3n) is 10.4. The van der Waals surface area contributed by atoms with E-state index in [0.717, 1.165) is 104 Å². The number of imidazole rings is 2. The van der Waals surface area contributed by atoms with Gasteiger partial charge >= 0.3 is 5.97 Å². The van der Waals surface area contributed by atoms with E-state index in [0.29, 0.717) is 12.5 Å². The molecular formula is C41H44N6O2. The Morgan fingerprint density at radius 2 is 1.39 bits per heavy atom. The Kier molecular flexibility index (Phi) is 9.12. The number of nitrogens with one attached hydrogen (secondary N) is 1. The second kappa shape index (κ2) is 14.3. The van der Waals surface area contributed by atoms with Gasteiger partial charge in [0, 0.05) is 18.7 Å². The first-order valence-electron chi connectivity index (χ1n) is 17.8. The standard InChI is InChI=1S/C41H44N6O2/c48-40(33-21-25-45(26-22-33)41-44-35-15-7-9-17-37(35)46(41)28-31-11-3-1-4-12-31)49-29-34(27-30-19-23-42-24-20-30)47-38-18-10-8-16-36(38)43-39(47)32-13-5-2-6-14-32/h1-18,30,33-34,42H,19-29H2. The van der Waals surface area contributed by atoms with Crippen LogP contribution in [0.5, 0.6) is 0 Å². The first-order chi connectivity index (χ1) is 24.2. The predicted octanol–water partition coefficient (Wildman–Crippen LogP) is 7.49. The fraction of sp³-hybridized carbons (Fsp3) is 0.341. The minimum Gasteiger partial charge on any atom is -0.463 e. The average molecular weight is 653 g/mol. The summed E-state index contributed by atoms with van der Waals surface area (Å²) < 4.78 is 11.0. The van der Waals surface area contributed by atoms with Crippen LogP contribution in [0.15, 0.2) is 109 Å². The number of piperidine rings is 2. The van der Waals surface area contributed by atoms with E-state index in [-0.39, 0.29) is 17.9 Å². The minimum atomic E-state index is -0.129. The Hall–Kier alpha value is -4.95. The number of nitrogens with zero attached hydrogens (tertiary/aromatic N) is 5. The molecule has 6 aromatic rings. The number of aromatic nitrogens is 4. The van der Waals surface area contributed by atoms with Crippen molar-refractivity contribution < 1.29 is 9.53 Å². The van der Waals surface area contributed by atoms with Crippen LogP contribution in [-0.4, -0.2) is 57.9 Å². The highest BCUT2D eigenvalue weighted by Crippen LogP contribution is 2.34. The molecule has 2 aromatic heterocycles. The van der Waals surface area contributed by atoms with Gasteiger partial charge in [-0.25, -0.2) is 9.97 Å². The molecule has 1 unspecified atom stereocenters. The topological polar surface area (TPSA) is 77.2 Å². The molecule has 4 heterocycles. The Balaban J connectivity index is 0.998. The number of hydrogen-bond donors (Lipinski definition) is 1. The van der Waals surface area contributed by atoms with Crippen LogP contribution in [0.25, 0.3) is 33.5 Å². The molecule has 0 radical (unpaired) electrons. The largest absolute Gasteiger partial charge is 0.463 e. The molecule has 0 saturated carbocycles. The maximum atomic E-state index is 13.8. The number of anilines is 1. The molecule has 8 nitrogen and oxygen atoms in total. The van der Waals surface area contributed by atoms with Gasteiger partial charge in [0.2, 0.25) is 5.95 Å².